The highest BCUT2D eigenvalue weighted by Crippen LogP contribution is 2.13. The first kappa shape index (κ1) is 9.32. The van der Waals surface area contributed by atoms with E-state index in [4.69, 9.17) is 10.5 Å². The number of hydrogen-bond donors (Lipinski definition) is 3. The number of nitrogens with zero attached hydrogens (tertiary/aromatic N) is 1. The van der Waals surface area contributed by atoms with E-state index in [1.54, 1.807) is 24.3 Å². The predicted octanol–water partition coefficient (Wildman–Crippen LogP) is 0.259. The third kappa shape index (κ3) is 2.37. The van der Waals surface area contributed by atoms with E-state index in [2.05, 4.69) is 15.2 Å². The molecule has 6 heteroatoms. The maximum atomic E-state index is 10.7. The minimum absolute atomic E-state index is 0.211. The number of aromatic amines is 2. The number of rotatable bonds is 3. The van der Waals surface area contributed by atoms with Crippen molar-refractivity contribution < 1.29 is 4.74 Å². The SMILES string of the molecule is Nc1ccc(OCc2n[nH]c(=O)[nH]2)cc1. The Morgan fingerprint density at radius 2 is 2.07 bits per heavy atom. The molecule has 0 aliphatic rings. The second kappa shape index (κ2) is 3.87. The summed E-state index contributed by atoms with van der Waals surface area (Å²) in [6.07, 6.45) is 0. The van der Waals surface area contributed by atoms with E-state index in [9.17, 15) is 4.79 Å². The lowest BCUT2D eigenvalue weighted by Crippen LogP contribution is -2.02. The highest BCUT2D eigenvalue weighted by molar-refractivity contribution is 5.41. The third-order valence-corrected chi connectivity index (χ3v) is 1.81. The van der Waals surface area contributed by atoms with Crippen molar-refractivity contribution in [1.29, 1.82) is 0 Å². The Balaban J connectivity index is 1.99. The van der Waals surface area contributed by atoms with Gasteiger partial charge in [0.25, 0.3) is 0 Å². The predicted molar refractivity (Wildman–Crippen MR) is 54.4 cm³/mol. The van der Waals surface area contributed by atoms with Crippen molar-refractivity contribution in [3.8, 4) is 5.75 Å². The molecule has 1 aromatic heterocycles. The number of nitrogen functional groups attached to an aromatic ring is 1. The van der Waals surface area contributed by atoms with Crippen LogP contribution in [0.4, 0.5) is 5.69 Å². The van der Waals surface area contributed by atoms with Crippen molar-refractivity contribution in [1.82, 2.24) is 15.2 Å². The molecule has 15 heavy (non-hydrogen) atoms. The van der Waals surface area contributed by atoms with Gasteiger partial charge in [0.05, 0.1) is 0 Å². The lowest BCUT2D eigenvalue weighted by molar-refractivity contribution is 0.296. The van der Waals surface area contributed by atoms with Crippen LogP contribution in [0.25, 0.3) is 0 Å². The van der Waals surface area contributed by atoms with Gasteiger partial charge < -0.3 is 10.5 Å². The Morgan fingerprint density at radius 1 is 1.33 bits per heavy atom. The van der Waals surface area contributed by atoms with Crippen molar-refractivity contribution in [3.63, 3.8) is 0 Å². The van der Waals surface area contributed by atoms with Gasteiger partial charge in [-0.15, -0.1) is 0 Å². The van der Waals surface area contributed by atoms with Gasteiger partial charge in [-0.25, -0.2) is 9.89 Å². The van der Waals surface area contributed by atoms with Crippen LogP contribution < -0.4 is 16.2 Å². The molecule has 2 rings (SSSR count). The first-order valence-corrected chi connectivity index (χ1v) is 4.36. The standard InChI is InChI=1S/C9H10N4O2/c10-6-1-3-7(4-2-6)15-5-8-11-9(14)13-12-8/h1-4H,5,10H2,(H2,11,12,13,14). The summed E-state index contributed by atoms with van der Waals surface area (Å²) >= 11 is 0. The van der Waals surface area contributed by atoms with Crippen LogP contribution in [0.3, 0.4) is 0 Å². The van der Waals surface area contributed by atoms with Crippen LogP contribution in [0.2, 0.25) is 0 Å². The zero-order chi connectivity index (χ0) is 10.7. The van der Waals surface area contributed by atoms with Gasteiger partial charge >= 0.3 is 5.69 Å². The minimum atomic E-state index is -0.342. The summed E-state index contributed by atoms with van der Waals surface area (Å²) in [5.74, 6) is 1.13. The molecule has 6 nitrogen and oxygen atoms in total. The molecule has 0 amide bonds. The van der Waals surface area contributed by atoms with Crippen LogP contribution in [0, 0.1) is 0 Å². The number of H-pyrrole nitrogens is 2. The van der Waals surface area contributed by atoms with Gasteiger partial charge in [-0.1, -0.05) is 0 Å². The number of hydrogen-bond acceptors (Lipinski definition) is 4. The summed E-state index contributed by atoms with van der Waals surface area (Å²) in [5.41, 5.74) is 5.85. The van der Waals surface area contributed by atoms with Crippen LogP contribution >= 0.6 is 0 Å². The van der Waals surface area contributed by atoms with Crippen molar-refractivity contribution in [3.05, 3.63) is 40.6 Å². The summed E-state index contributed by atoms with van der Waals surface area (Å²) in [6, 6.07) is 6.98. The van der Waals surface area contributed by atoms with E-state index >= 15 is 0 Å². The van der Waals surface area contributed by atoms with Crippen LogP contribution in [-0.4, -0.2) is 15.2 Å². The minimum Gasteiger partial charge on any atom is -0.486 e. The molecule has 1 aromatic carbocycles. The van der Waals surface area contributed by atoms with Gasteiger partial charge in [0.2, 0.25) is 0 Å². The van der Waals surface area contributed by atoms with Gasteiger partial charge in [0, 0.05) is 5.69 Å². The molecule has 0 atom stereocenters. The van der Waals surface area contributed by atoms with E-state index in [0.717, 1.165) is 0 Å². The number of nitrogens with two attached hydrogens (primary N) is 1. The smallest absolute Gasteiger partial charge is 0.340 e. The molecule has 78 valence electrons. The molecule has 0 aliphatic heterocycles. The summed E-state index contributed by atoms with van der Waals surface area (Å²) < 4.78 is 5.35. The van der Waals surface area contributed by atoms with E-state index < -0.39 is 0 Å². The zero-order valence-electron chi connectivity index (χ0n) is 7.86. The molecular formula is C9H10N4O2. The molecule has 1 heterocycles. The fourth-order valence-electron chi connectivity index (χ4n) is 1.09. The maximum Gasteiger partial charge on any atom is 0.340 e. The van der Waals surface area contributed by atoms with Crippen LogP contribution in [0.5, 0.6) is 5.75 Å². The van der Waals surface area contributed by atoms with E-state index in [1.807, 2.05) is 0 Å². The summed E-state index contributed by atoms with van der Waals surface area (Å²) in [7, 11) is 0. The van der Waals surface area contributed by atoms with Gasteiger partial charge in [-0.05, 0) is 24.3 Å². The second-order valence-corrected chi connectivity index (χ2v) is 2.98. The number of aromatic nitrogens is 3. The summed E-state index contributed by atoms with van der Waals surface area (Å²) in [5, 5.41) is 5.96. The average Bonchev–Trinajstić information content (AvgIpc) is 2.64. The van der Waals surface area contributed by atoms with E-state index in [0.29, 0.717) is 17.3 Å². The quantitative estimate of drug-likeness (QED) is 0.627. The Hall–Kier alpha value is -2.24. The molecule has 0 aliphatic carbocycles. The molecule has 0 spiro atoms. The second-order valence-electron chi connectivity index (χ2n) is 2.98. The molecule has 0 fully saturated rings. The lowest BCUT2D eigenvalue weighted by Gasteiger charge is -2.03. The average molecular weight is 206 g/mol. The highest BCUT2D eigenvalue weighted by atomic mass is 16.5. The highest BCUT2D eigenvalue weighted by Gasteiger charge is 1.99. The van der Waals surface area contributed by atoms with Crippen molar-refractivity contribution in [2.45, 2.75) is 6.61 Å². The Bertz CT molecular complexity index is 485. The van der Waals surface area contributed by atoms with Gasteiger partial charge in [-0.2, -0.15) is 5.10 Å². The zero-order valence-corrected chi connectivity index (χ0v) is 7.86. The van der Waals surface area contributed by atoms with E-state index in [1.165, 1.54) is 0 Å². The van der Waals surface area contributed by atoms with Crippen LogP contribution in [-0.2, 0) is 6.61 Å². The Labute approximate surface area is 85.1 Å². The Morgan fingerprint density at radius 3 is 2.67 bits per heavy atom. The first-order chi connectivity index (χ1) is 7.24. The van der Waals surface area contributed by atoms with Crippen molar-refractivity contribution in [2.24, 2.45) is 0 Å². The van der Waals surface area contributed by atoms with Crippen LogP contribution in [0.15, 0.2) is 29.1 Å². The Kier molecular flexibility index (Phi) is 2.40. The van der Waals surface area contributed by atoms with Gasteiger partial charge in [0.1, 0.15) is 12.4 Å². The number of nitrogens with one attached hydrogen (secondary N) is 2. The fourth-order valence-corrected chi connectivity index (χ4v) is 1.09. The summed E-state index contributed by atoms with van der Waals surface area (Å²) in [4.78, 5) is 13.2. The molecule has 4 N–H and O–H groups in total. The molecule has 2 aromatic rings. The number of anilines is 1. The molecule has 0 saturated heterocycles. The van der Waals surface area contributed by atoms with Crippen LogP contribution in [0.1, 0.15) is 5.82 Å². The largest absolute Gasteiger partial charge is 0.486 e. The molecule has 0 bridgehead atoms. The summed E-state index contributed by atoms with van der Waals surface area (Å²) in [6.45, 7) is 0.211. The van der Waals surface area contributed by atoms with Gasteiger partial charge in [-0.3, -0.25) is 4.98 Å². The molecule has 0 radical (unpaired) electrons. The topological polar surface area (TPSA) is 96.8 Å². The molecule has 0 saturated carbocycles. The van der Waals surface area contributed by atoms with Crippen molar-refractivity contribution >= 4 is 5.69 Å². The number of benzene rings is 1. The normalized spacial score (nSPS) is 10.1. The number of ether oxygens (including phenoxy) is 1. The lowest BCUT2D eigenvalue weighted by atomic mass is 10.3. The van der Waals surface area contributed by atoms with Crippen molar-refractivity contribution in [2.75, 3.05) is 5.73 Å². The maximum absolute atomic E-state index is 10.7. The fraction of sp³-hybridized carbons (Fsp3) is 0.111. The molecular weight excluding hydrogens is 196 g/mol. The molecule has 0 unspecified atom stereocenters. The third-order valence-electron chi connectivity index (χ3n) is 1.81. The first-order valence-electron chi connectivity index (χ1n) is 4.36. The van der Waals surface area contributed by atoms with E-state index in [-0.39, 0.29) is 12.3 Å². The monoisotopic (exact) mass is 206 g/mol. The van der Waals surface area contributed by atoms with Gasteiger partial charge in [0.15, 0.2) is 5.82 Å².